The van der Waals surface area contributed by atoms with Gasteiger partial charge in [0.2, 0.25) is 5.91 Å². The number of H-pyrrole nitrogens is 1. The topological polar surface area (TPSA) is 113 Å². The second kappa shape index (κ2) is 7.98. The number of nitrogens with one attached hydrogen (secondary N) is 3. The Bertz CT molecular complexity index is 1110. The van der Waals surface area contributed by atoms with Crippen molar-refractivity contribution in [1.82, 2.24) is 20.6 Å². The van der Waals surface area contributed by atoms with Crippen LogP contribution in [0.3, 0.4) is 0 Å². The van der Waals surface area contributed by atoms with Crippen LogP contribution in [-0.2, 0) is 11.2 Å². The fraction of sp³-hybridized carbons (Fsp3) is 0.227. The van der Waals surface area contributed by atoms with Gasteiger partial charge in [0, 0.05) is 17.5 Å². The highest BCUT2D eigenvalue weighted by Crippen LogP contribution is 2.30. The van der Waals surface area contributed by atoms with Crippen molar-refractivity contribution in [2.24, 2.45) is 0 Å². The number of aromatic amines is 1. The molecule has 2 atom stereocenters. The van der Waals surface area contributed by atoms with Crippen molar-refractivity contribution in [2.75, 3.05) is 5.73 Å². The van der Waals surface area contributed by atoms with Crippen LogP contribution in [0.1, 0.15) is 41.1 Å². The molecule has 30 heavy (non-hydrogen) atoms. The molecular weight excluding hydrogens is 385 g/mol. The molecule has 0 aliphatic heterocycles. The zero-order chi connectivity index (χ0) is 21.3. The van der Waals surface area contributed by atoms with E-state index in [1.807, 2.05) is 6.07 Å². The minimum atomic E-state index is -0.732. The number of carbonyl (C=O) groups is 2. The predicted molar refractivity (Wildman–Crippen MR) is 111 cm³/mol. The molecule has 7 nitrogen and oxygen atoms in total. The number of nitrogens with zero attached hydrogens (tertiary/aromatic N) is 1. The van der Waals surface area contributed by atoms with E-state index in [4.69, 9.17) is 5.73 Å². The van der Waals surface area contributed by atoms with E-state index in [-0.39, 0.29) is 17.8 Å². The third-order valence-electron chi connectivity index (χ3n) is 5.22. The van der Waals surface area contributed by atoms with Crippen LogP contribution in [0.2, 0.25) is 0 Å². The van der Waals surface area contributed by atoms with Crippen molar-refractivity contribution in [1.29, 1.82) is 0 Å². The van der Waals surface area contributed by atoms with Crippen molar-refractivity contribution in [2.45, 2.75) is 31.8 Å². The second-order valence-corrected chi connectivity index (χ2v) is 7.38. The third kappa shape index (κ3) is 4.03. The van der Waals surface area contributed by atoms with Crippen LogP contribution < -0.4 is 16.4 Å². The molecule has 0 saturated heterocycles. The Balaban J connectivity index is 1.38. The molecule has 1 aromatic carbocycles. The zero-order valence-electron chi connectivity index (χ0n) is 16.4. The molecule has 2 heterocycles. The summed E-state index contributed by atoms with van der Waals surface area (Å²) in [6, 6.07) is 10.5. The molecule has 154 valence electrons. The Morgan fingerprint density at radius 2 is 2.07 bits per heavy atom. The highest BCUT2D eigenvalue weighted by molar-refractivity contribution is 5.97. The van der Waals surface area contributed by atoms with Gasteiger partial charge >= 0.3 is 0 Å². The Hall–Kier alpha value is -3.68. The maximum absolute atomic E-state index is 13.4. The molecule has 8 heteroatoms. The molecule has 0 fully saturated rings. The second-order valence-electron chi connectivity index (χ2n) is 7.38. The quantitative estimate of drug-likeness (QED) is 0.521. The van der Waals surface area contributed by atoms with Gasteiger partial charge in [0.15, 0.2) is 0 Å². The van der Waals surface area contributed by atoms with Crippen LogP contribution in [0.4, 0.5) is 10.2 Å². The first-order chi connectivity index (χ1) is 14.4. The summed E-state index contributed by atoms with van der Waals surface area (Å²) < 4.78 is 13.4. The molecular formula is C22H22FN5O2. The first-order valence-electron chi connectivity index (χ1n) is 9.71. The molecule has 1 aliphatic rings. The van der Waals surface area contributed by atoms with E-state index in [0.29, 0.717) is 22.6 Å². The van der Waals surface area contributed by atoms with Crippen LogP contribution in [0.15, 0.2) is 48.7 Å². The van der Waals surface area contributed by atoms with Crippen molar-refractivity contribution in [3.8, 4) is 11.1 Å². The zero-order valence-corrected chi connectivity index (χ0v) is 16.4. The lowest BCUT2D eigenvalue weighted by molar-refractivity contribution is -0.123. The maximum atomic E-state index is 13.4. The summed E-state index contributed by atoms with van der Waals surface area (Å²) in [6.45, 7) is 1.63. The number of aromatic nitrogens is 2. The number of hydrogen-bond acceptors (Lipinski definition) is 4. The highest BCUT2D eigenvalue weighted by atomic mass is 19.1. The van der Waals surface area contributed by atoms with Crippen LogP contribution in [0.5, 0.6) is 0 Å². The van der Waals surface area contributed by atoms with Gasteiger partial charge in [-0.15, -0.1) is 0 Å². The molecule has 0 saturated carbocycles. The Morgan fingerprint density at radius 3 is 2.87 bits per heavy atom. The molecule has 0 spiro atoms. The smallest absolute Gasteiger partial charge is 0.268 e. The van der Waals surface area contributed by atoms with Gasteiger partial charge in [0.25, 0.3) is 5.91 Å². The van der Waals surface area contributed by atoms with Crippen molar-refractivity contribution in [3.63, 3.8) is 0 Å². The van der Waals surface area contributed by atoms with E-state index < -0.39 is 11.9 Å². The van der Waals surface area contributed by atoms with Crippen LogP contribution in [-0.4, -0.2) is 27.8 Å². The first-order valence-corrected chi connectivity index (χ1v) is 9.71. The first kappa shape index (κ1) is 19.6. The molecule has 0 radical (unpaired) electrons. The summed E-state index contributed by atoms with van der Waals surface area (Å²) in [6.07, 6.45) is 3.12. The molecule has 2 aromatic heterocycles. The highest BCUT2D eigenvalue weighted by Gasteiger charge is 2.27. The normalized spacial score (nSPS) is 16.0. The third-order valence-corrected chi connectivity index (χ3v) is 5.22. The van der Waals surface area contributed by atoms with Gasteiger partial charge in [-0.25, -0.2) is 9.37 Å². The van der Waals surface area contributed by atoms with E-state index in [0.717, 1.165) is 24.1 Å². The molecule has 2 unspecified atom stereocenters. The molecule has 1 aliphatic carbocycles. The number of hydrogen-bond donors (Lipinski definition) is 4. The monoisotopic (exact) mass is 407 g/mol. The fourth-order valence-corrected chi connectivity index (χ4v) is 3.63. The summed E-state index contributed by atoms with van der Waals surface area (Å²) in [4.78, 5) is 32.3. The van der Waals surface area contributed by atoms with E-state index >= 15 is 0 Å². The van der Waals surface area contributed by atoms with Gasteiger partial charge in [-0.2, -0.15) is 0 Å². The summed E-state index contributed by atoms with van der Waals surface area (Å²) in [5.74, 6) is -0.585. The SMILES string of the molecule is CC(NC(=O)c1cc(-c2cccc(F)c2)c[nH]1)C(=O)NC1CCc2nc(N)ccc21. The minimum absolute atomic E-state index is 0.148. The summed E-state index contributed by atoms with van der Waals surface area (Å²) in [5, 5.41) is 5.65. The standard InChI is InChI=1S/C22H22FN5O2/c1-12(21(29)28-18-7-6-17-16(18)5-8-20(24)27-17)26-22(30)19-10-14(11-25-19)13-3-2-4-15(23)9-13/h2-5,8-12,18,25H,6-7H2,1H3,(H2,24,27)(H,26,30)(H,28,29). The van der Waals surface area contributed by atoms with Gasteiger partial charge < -0.3 is 21.4 Å². The number of aryl methyl sites for hydroxylation is 1. The Labute approximate surface area is 172 Å². The lowest BCUT2D eigenvalue weighted by atomic mass is 10.1. The number of carbonyl (C=O) groups excluding carboxylic acids is 2. The number of anilines is 1. The van der Waals surface area contributed by atoms with Crippen molar-refractivity contribution in [3.05, 3.63) is 71.4 Å². The number of amides is 2. The van der Waals surface area contributed by atoms with E-state index in [9.17, 15) is 14.0 Å². The van der Waals surface area contributed by atoms with E-state index in [1.165, 1.54) is 12.1 Å². The maximum Gasteiger partial charge on any atom is 0.268 e. The number of pyridine rings is 1. The molecule has 4 rings (SSSR count). The number of rotatable bonds is 5. The number of nitrogen functional groups attached to an aromatic ring is 1. The average molecular weight is 407 g/mol. The number of halogens is 1. The van der Waals surface area contributed by atoms with E-state index in [2.05, 4.69) is 20.6 Å². The Kier molecular flexibility index (Phi) is 5.22. The van der Waals surface area contributed by atoms with Crippen molar-refractivity contribution < 1.29 is 14.0 Å². The van der Waals surface area contributed by atoms with Gasteiger partial charge in [-0.05, 0) is 55.2 Å². The van der Waals surface area contributed by atoms with Crippen LogP contribution in [0, 0.1) is 5.82 Å². The lowest BCUT2D eigenvalue weighted by Crippen LogP contribution is -2.45. The number of benzene rings is 1. The minimum Gasteiger partial charge on any atom is -0.384 e. The molecule has 5 N–H and O–H groups in total. The summed E-state index contributed by atoms with van der Waals surface area (Å²) in [5.41, 5.74) is 9.20. The van der Waals surface area contributed by atoms with Crippen LogP contribution in [0.25, 0.3) is 11.1 Å². The number of nitrogens with two attached hydrogens (primary N) is 1. The van der Waals surface area contributed by atoms with Crippen LogP contribution >= 0.6 is 0 Å². The van der Waals surface area contributed by atoms with Gasteiger partial charge in [-0.1, -0.05) is 18.2 Å². The number of fused-ring (bicyclic) bond motifs is 1. The fourth-order valence-electron chi connectivity index (χ4n) is 3.63. The van der Waals surface area contributed by atoms with Gasteiger partial charge in [-0.3, -0.25) is 9.59 Å². The van der Waals surface area contributed by atoms with Crippen molar-refractivity contribution >= 4 is 17.6 Å². The Morgan fingerprint density at radius 1 is 1.23 bits per heavy atom. The largest absolute Gasteiger partial charge is 0.384 e. The van der Waals surface area contributed by atoms with E-state index in [1.54, 1.807) is 37.4 Å². The lowest BCUT2D eigenvalue weighted by Gasteiger charge is -2.18. The summed E-state index contributed by atoms with van der Waals surface area (Å²) in [7, 11) is 0. The molecule has 2 amide bonds. The van der Waals surface area contributed by atoms with Gasteiger partial charge in [0.05, 0.1) is 6.04 Å². The van der Waals surface area contributed by atoms with Gasteiger partial charge in [0.1, 0.15) is 23.4 Å². The average Bonchev–Trinajstić information content (AvgIpc) is 3.35. The molecule has 3 aromatic rings. The predicted octanol–water partition coefficient (Wildman–Crippen LogP) is 2.72. The summed E-state index contributed by atoms with van der Waals surface area (Å²) >= 11 is 0. The molecule has 0 bridgehead atoms.